The van der Waals surface area contributed by atoms with E-state index in [1.807, 2.05) is 50.4 Å². The number of hydrogen-bond acceptors (Lipinski definition) is 4. The first-order valence-corrected chi connectivity index (χ1v) is 8.54. The van der Waals surface area contributed by atoms with E-state index in [-0.39, 0.29) is 17.9 Å². The van der Waals surface area contributed by atoms with E-state index in [1.54, 1.807) is 4.68 Å². The second-order valence-electron chi connectivity index (χ2n) is 6.96. The van der Waals surface area contributed by atoms with E-state index in [4.69, 9.17) is 5.73 Å². The molecule has 0 aliphatic heterocycles. The number of carbonyl (C=O) groups excluding carboxylic acids is 1. The van der Waals surface area contributed by atoms with Crippen LogP contribution in [-0.4, -0.2) is 26.4 Å². The molecule has 6 heteroatoms. The number of nitrogens with two attached hydrogens (primary N) is 1. The third-order valence-electron chi connectivity index (χ3n) is 4.91. The Labute approximate surface area is 142 Å². The topological polar surface area (TPSA) is 85.8 Å². The molecule has 1 amide bonds. The summed E-state index contributed by atoms with van der Waals surface area (Å²) in [6, 6.07) is 9.58. The van der Waals surface area contributed by atoms with E-state index < -0.39 is 5.54 Å². The van der Waals surface area contributed by atoms with Crippen molar-refractivity contribution in [2.45, 2.75) is 51.1 Å². The molecule has 0 spiro atoms. The van der Waals surface area contributed by atoms with Gasteiger partial charge in [0.15, 0.2) is 0 Å². The predicted octanol–water partition coefficient (Wildman–Crippen LogP) is 2.35. The smallest absolute Gasteiger partial charge is 0.225 e. The summed E-state index contributed by atoms with van der Waals surface area (Å²) in [5.74, 6) is -0.126. The van der Waals surface area contributed by atoms with Crippen LogP contribution >= 0.6 is 0 Å². The number of rotatable bonds is 4. The molecule has 3 atom stereocenters. The molecular weight excluding hydrogens is 302 g/mol. The van der Waals surface area contributed by atoms with E-state index >= 15 is 0 Å². The van der Waals surface area contributed by atoms with Gasteiger partial charge in [-0.25, -0.2) is 4.68 Å². The fourth-order valence-electron chi connectivity index (χ4n) is 3.36. The standard InChI is InChI=1S/C18H25N5O/c1-13(20-17(24)15-10-6-7-11-18(15,2)19)16-12-23(22-21-16)14-8-4-3-5-9-14/h3-5,8-9,12-13,15H,6-7,10-11,19H2,1-2H3,(H,20,24). The lowest BCUT2D eigenvalue weighted by atomic mass is 9.74. The molecule has 2 aromatic rings. The summed E-state index contributed by atoms with van der Waals surface area (Å²) in [6.45, 7) is 3.90. The van der Waals surface area contributed by atoms with Gasteiger partial charge in [0.1, 0.15) is 5.69 Å². The third kappa shape index (κ3) is 3.48. The SMILES string of the molecule is CC(NC(=O)C1CCCCC1(C)N)c1cn(-c2ccccc2)nn1. The average molecular weight is 327 g/mol. The maximum atomic E-state index is 12.6. The van der Waals surface area contributed by atoms with E-state index in [9.17, 15) is 4.79 Å². The van der Waals surface area contributed by atoms with Crippen LogP contribution in [0.1, 0.15) is 51.3 Å². The van der Waals surface area contributed by atoms with Gasteiger partial charge in [0, 0.05) is 5.54 Å². The fraction of sp³-hybridized carbons (Fsp3) is 0.500. The molecule has 1 heterocycles. The molecule has 1 aromatic heterocycles. The minimum atomic E-state index is -0.427. The number of aromatic nitrogens is 3. The van der Waals surface area contributed by atoms with Crippen LogP contribution in [0.5, 0.6) is 0 Å². The van der Waals surface area contributed by atoms with Crippen LogP contribution in [0.25, 0.3) is 5.69 Å². The number of para-hydroxylation sites is 1. The number of carbonyl (C=O) groups is 1. The van der Waals surface area contributed by atoms with Crippen molar-refractivity contribution in [3.8, 4) is 5.69 Å². The maximum Gasteiger partial charge on any atom is 0.225 e. The molecule has 1 aromatic carbocycles. The van der Waals surface area contributed by atoms with Crippen molar-refractivity contribution in [1.82, 2.24) is 20.3 Å². The van der Waals surface area contributed by atoms with Crippen LogP contribution < -0.4 is 11.1 Å². The molecule has 0 saturated heterocycles. The summed E-state index contributed by atoms with van der Waals surface area (Å²) in [5.41, 5.74) is 7.58. The molecule has 24 heavy (non-hydrogen) atoms. The molecule has 3 unspecified atom stereocenters. The molecule has 1 saturated carbocycles. The van der Waals surface area contributed by atoms with Crippen molar-refractivity contribution in [2.75, 3.05) is 0 Å². The van der Waals surface area contributed by atoms with Gasteiger partial charge >= 0.3 is 0 Å². The molecule has 3 rings (SSSR count). The van der Waals surface area contributed by atoms with E-state index in [0.29, 0.717) is 0 Å². The van der Waals surface area contributed by atoms with Crippen molar-refractivity contribution >= 4 is 5.91 Å². The minimum Gasteiger partial charge on any atom is -0.348 e. The van der Waals surface area contributed by atoms with Crippen LogP contribution in [0.2, 0.25) is 0 Å². The molecule has 0 radical (unpaired) electrons. The molecule has 1 aliphatic rings. The Morgan fingerprint density at radius 3 is 2.83 bits per heavy atom. The summed E-state index contributed by atoms with van der Waals surface area (Å²) < 4.78 is 1.71. The summed E-state index contributed by atoms with van der Waals surface area (Å²) in [7, 11) is 0. The predicted molar refractivity (Wildman–Crippen MR) is 92.5 cm³/mol. The van der Waals surface area contributed by atoms with Gasteiger partial charge in [0.05, 0.1) is 23.8 Å². The van der Waals surface area contributed by atoms with Gasteiger partial charge in [0.2, 0.25) is 5.91 Å². The van der Waals surface area contributed by atoms with Crippen molar-refractivity contribution in [3.05, 3.63) is 42.2 Å². The van der Waals surface area contributed by atoms with Crippen molar-refractivity contribution in [2.24, 2.45) is 11.7 Å². The van der Waals surface area contributed by atoms with Crippen LogP contribution in [-0.2, 0) is 4.79 Å². The number of nitrogens with one attached hydrogen (secondary N) is 1. The van der Waals surface area contributed by atoms with Crippen molar-refractivity contribution in [1.29, 1.82) is 0 Å². The normalized spacial score (nSPS) is 25.2. The molecule has 1 aliphatic carbocycles. The summed E-state index contributed by atoms with van der Waals surface area (Å²) in [5, 5.41) is 11.4. The Hall–Kier alpha value is -2.21. The van der Waals surface area contributed by atoms with Crippen molar-refractivity contribution < 1.29 is 4.79 Å². The highest BCUT2D eigenvalue weighted by molar-refractivity contribution is 5.80. The number of hydrogen-bond donors (Lipinski definition) is 2. The average Bonchev–Trinajstić information content (AvgIpc) is 3.05. The summed E-state index contributed by atoms with van der Waals surface area (Å²) in [6.07, 6.45) is 5.75. The Bertz CT molecular complexity index is 694. The Morgan fingerprint density at radius 2 is 2.12 bits per heavy atom. The van der Waals surface area contributed by atoms with Crippen LogP contribution in [0, 0.1) is 5.92 Å². The molecule has 3 N–H and O–H groups in total. The first-order valence-electron chi connectivity index (χ1n) is 8.54. The van der Waals surface area contributed by atoms with Gasteiger partial charge in [0.25, 0.3) is 0 Å². The fourth-order valence-corrected chi connectivity index (χ4v) is 3.36. The van der Waals surface area contributed by atoms with E-state index in [0.717, 1.165) is 37.1 Å². The van der Waals surface area contributed by atoms with Crippen molar-refractivity contribution in [3.63, 3.8) is 0 Å². The zero-order valence-corrected chi connectivity index (χ0v) is 14.3. The highest BCUT2D eigenvalue weighted by atomic mass is 16.2. The largest absolute Gasteiger partial charge is 0.348 e. The third-order valence-corrected chi connectivity index (χ3v) is 4.91. The molecule has 128 valence electrons. The van der Waals surface area contributed by atoms with Gasteiger partial charge in [-0.1, -0.05) is 36.3 Å². The quantitative estimate of drug-likeness (QED) is 0.902. The lowest BCUT2D eigenvalue weighted by Crippen LogP contribution is -2.53. The van der Waals surface area contributed by atoms with Crippen LogP contribution in [0.4, 0.5) is 0 Å². The number of amides is 1. The first kappa shape index (κ1) is 16.6. The molecule has 0 bridgehead atoms. The summed E-state index contributed by atoms with van der Waals surface area (Å²) >= 11 is 0. The zero-order chi connectivity index (χ0) is 17.2. The van der Waals surface area contributed by atoms with Crippen LogP contribution in [0.3, 0.4) is 0 Å². The monoisotopic (exact) mass is 327 g/mol. The van der Waals surface area contributed by atoms with Gasteiger partial charge < -0.3 is 11.1 Å². The Kier molecular flexibility index (Phi) is 4.66. The highest BCUT2D eigenvalue weighted by Crippen LogP contribution is 2.32. The minimum absolute atomic E-state index is 0.0152. The Morgan fingerprint density at radius 1 is 1.38 bits per heavy atom. The second kappa shape index (κ2) is 6.73. The van der Waals surface area contributed by atoms with E-state index in [1.165, 1.54) is 0 Å². The van der Waals surface area contributed by atoms with Gasteiger partial charge in [-0.3, -0.25) is 4.79 Å². The Balaban J connectivity index is 1.68. The lowest BCUT2D eigenvalue weighted by Gasteiger charge is -2.37. The van der Waals surface area contributed by atoms with Gasteiger partial charge in [-0.15, -0.1) is 5.10 Å². The van der Waals surface area contributed by atoms with Gasteiger partial charge in [-0.05, 0) is 38.8 Å². The van der Waals surface area contributed by atoms with Crippen LogP contribution in [0.15, 0.2) is 36.5 Å². The summed E-state index contributed by atoms with van der Waals surface area (Å²) in [4.78, 5) is 12.6. The molecule has 1 fully saturated rings. The number of nitrogens with zero attached hydrogens (tertiary/aromatic N) is 3. The van der Waals surface area contributed by atoms with E-state index in [2.05, 4.69) is 15.6 Å². The lowest BCUT2D eigenvalue weighted by molar-refractivity contribution is -0.128. The zero-order valence-electron chi connectivity index (χ0n) is 14.3. The number of benzene rings is 1. The second-order valence-corrected chi connectivity index (χ2v) is 6.96. The molecule has 6 nitrogen and oxygen atoms in total. The molecular formula is C18H25N5O. The maximum absolute atomic E-state index is 12.6. The first-order chi connectivity index (χ1) is 11.5. The van der Waals surface area contributed by atoms with Gasteiger partial charge in [-0.2, -0.15) is 0 Å². The highest BCUT2D eigenvalue weighted by Gasteiger charge is 2.38.